The molecular weight excluding hydrogens is 268 g/mol. The van der Waals surface area contributed by atoms with Gasteiger partial charge in [-0.3, -0.25) is 9.59 Å². The molecule has 2 amide bonds. The van der Waals surface area contributed by atoms with Crippen molar-refractivity contribution >= 4 is 11.8 Å². The number of nitrogens with one attached hydrogen (secondary N) is 1. The van der Waals surface area contributed by atoms with Crippen LogP contribution in [0.15, 0.2) is 0 Å². The normalized spacial score (nSPS) is 27.7. The first kappa shape index (κ1) is 16.3. The molecule has 2 rings (SSSR count). The van der Waals surface area contributed by atoms with E-state index in [1.807, 2.05) is 25.7 Å². The van der Waals surface area contributed by atoms with Crippen LogP contribution in [0.4, 0.5) is 0 Å². The van der Waals surface area contributed by atoms with Crippen LogP contribution in [-0.2, 0) is 14.3 Å². The smallest absolute Gasteiger partial charge is 0.245 e. The minimum absolute atomic E-state index is 0.0232. The molecule has 0 aromatic rings. The maximum absolute atomic E-state index is 12.6. The summed E-state index contributed by atoms with van der Waals surface area (Å²) >= 11 is 0. The van der Waals surface area contributed by atoms with Crippen molar-refractivity contribution in [2.24, 2.45) is 5.41 Å². The Balaban J connectivity index is 1.90. The fraction of sp³-hybridized carbons (Fsp3) is 0.875. The maximum atomic E-state index is 12.6. The SMILES string of the molecule is CC(C)(C)C1NC(=O)CCN(CCCC2CCCO2)C1=O. The number of hydrogen-bond acceptors (Lipinski definition) is 3. The fourth-order valence-electron chi connectivity index (χ4n) is 3.01. The highest BCUT2D eigenvalue weighted by Crippen LogP contribution is 2.23. The molecule has 2 unspecified atom stereocenters. The van der Waals surface area contributed by atoms with E-state index in [1.54, 1.807) is 0 Å². The predicted octanol–water partition coefficient (Wildman–Crippen LogP) is 1.71. The summed E-state index contributed by atoms with van der Waals surface area (Å²) in [5.41, 5.74) is -0.260. The van der Waals surface area contributed by atoms with Crippen molar-refractivity contribution in [1.29, 1.82) is 0 Å². The van der Waals surface area contributed by atoms with Gasteiger partial charge in [-0.25, -0.2) is 0 Å². The van der Waals surface area contributed by atoms with Gasteiger partial charge in [0.2, 0.25) is 11.8 Å². The molecule has 1 N–H and O–H groups in total. The Bertz CT molecular complexity index is 383. The van der Waals surface area contributed by atoms with Crippen LogP contribution in [0.25, 0.3) is 0 Å². The first-order chi connectivity index (χ1) is 9.88. The first-order valence-corrected chi connectivity index (χ1v) is 8.07. The van der Waals surface area contributed by atoms with Crippen LogP contribution < -0.4 is 5.32 Å². The monoisotopic (exact) mass is 296 g/mol. The van der Waals surface area contributed by atoms with Crippen molar-refractivity contribution in [2.75, 3.05) is 19.7 Å². The van der Waals surface area contributed by atoms with E-state index in [-0.39, 0.29) is 17.2 Å². The second-order valence-corrected chi connectivity index (χ2v) is 7.22. The molecule has 0 aromatic carbocycles. The Kier molecular flexibility index (Phi) is 5.25. The lowest BCUT2D eigenvalue weighted by Gasteiger charge is -2.32. The molecule has 2 saturated heterocycles. The Morgan fingerprint density at radius 1 is 1.33 bits per heavy atom. The largest absolute Gasteiger partial charge is 0.378 e. The lowest BCUT2D eigenvalue weighted by atomic mass is 9.86. The molecule has 0 saturated carbocycles. The van der Waals surface area contributed by atoms with Gasteiger partial charge in [-0.2, -0.15) is 0 Å². The van der Waals surface area contributed by atoms with Crippen LogP contribution in [-0.4, -0.2) is 48.6 Å². The van der Waals surface area contributed by atoms with E-state index in [4.69, 9.17) is 4.74 Å². The van der Waals surface area contributed by atoms with Crippen LogP contribution in [0.2, 0.25) is 0 Å². The van der Waals surface area contributed by atoms with Crippen LogP contribution in [0, 0.1) is 5.41 Å². The lowest BCUT2D eigenvalue weighted by Crippen LogP contribution is -2.52. The summed E-state index contributed by atoms with van der Waals surface area (Å²) in [7, 11) is 0. The summed E-state index contributed by atoms with van der Waals surface area (Å²) in [5.74, 6) is 0.0330. The molecule has 21 heavy (non-hydrogen) atoms. The summed E-state index contributed by atoms with van der Waals surface area (Å²) in [5, 5.41) is 2.88. The van der Waals surface area contributed by atoms with Gasteiger partial charge in [-0.1, -0.05) is 20.8 Å². The molecule has 5 nitrogen and oxygen atoms in total. The van der Waals surface area contributed by atoms with Gasteiger partial charge in [-0.15, -0.1) is 0 Å². The Morgan fingerprint density at radius 2 is 2.10 bits per heavy atom. The van der Waals surface area contributed by atoms with Crippen molar-refractivity contribution in [3.05, 3.63) is 0 Å². The fourth-order valence-corrected chi connectivity index (χ4v) is 3.01. The number of carbonyl (C=O) groups excluding carboxylic acids is 2. The van der Waals surface area contributed by atoms with Crippen LogP contribution in [0.3, 0.4) is 0 Å². The Hall–Kier alpha value is -1.10. The molecule has 2 aliphatic rings. The zero-order valence-corrected chi connectivity index (χ0v) is 13.5. The average molecular weight is 296 g/mol. The van der Waals surface area contributed by atoms with Gasteiger partial charge < -0.3 is 15.0 Å². The molecular formula is C16H28N2O3. The minimum atomic E-state index is -0.421. The van der Waals surface area contributed by atoms with Crippen molar-refractivity contribution in [3.63, 3.8) is 0 Å². The first-order valence-electron chi connectivity index (χ1n) is 8.07. The lowest BCUT2D eigenvalue weighted by molar-refractivity contribution is -0.136. The molecule has 0 aliphatic carbocycles. The molecule has 0 bridgehead atoms. The Morgan fingerprint density at radius 3 is 2.71 bits per heavy atom. The third-order valence-corrected chi connectivity index (χ3v) is 4.32. The highest BCUT2D eigenvalue weighted by atomic mass is 16.5. The van der Waals surface area contributed by atoms with Gasteiger partial charge in [-0.05, 0) is 31.1 Å². The number of carbonyl (C=O) groups is 2. The second kappa shape index (κ2) is 6.77. The van der Waals surface area contributed by atoms with Gasteiger partial charge in [0.15, 0.2) is 0 Å². The van der Waals surface area contributed by atoms with Crippen LogP contribution in [0.5, 0.6) is 0 Å². The van der Waals surface area contributed by atoms with Gasteiger partial charge in [0.1, 0.15) is 6.04 Å². The number of nitrogens with zero attached hydrogens (tertiary/aromatic N) is 1. The van der Waals surface area contributed by atoms with Gasteiger partial charge in [0, 0.05) is 26.1 Å². The Labute approximate surface area is 127 Å². The summed E-state index contributed by atoms with van der Waals surface area (Å²) in [6, 6.07) is -0.421. The average Bonchev–Trinajstić information content (AvgIpc) is 2.86. The molecule has 5 heteroatoms. The van der Waals surface area contributed by atoms with E-state index in [2.05, 4.69) is 5.32 Å². The van der Waals surface area contributed by atoms with E-state index in [0.717, 1.165) is 38.8 Å². The van der Waals surface area contributed by atoms with E-state index < -0.39 is 6.04 Å². The molecule has 0 radical (unpaired) electrons. The maximum Gasteiger partial charge on any atom is 0.245 e. The minimum Gasteiger partial charge on any atom is -0.378 e. The molecule has 2 heterocycles. The molecule has 2 atom stereocenters. The van der Waals surface area contributed by atoms with E-state index >= 15 is 0 Å². The van der Waals surface area contributed by atoms with Crippen LogP contribution in [0.1, 0.15) is 52.9 Å². The quantitative estimate of drug-likeness (QED) is 0.859. The van der Waals surface area contributed by atoms with Crippen LogP contribution >= 0.6 is 0 Å². The van der Waals surface area contributed by atoms with Crippen molar-refractivity contribution in [2.45, 2.75) is 65.0 Å². The third kappa shape index (κ3) is 4.43. The zero-order chi connectivity index (χ0) is 15.5. The predicted molar refractivity (Wildman–Crippen MR) is 80.8 cm³/mol. The summed E-state index contributed by atoms with van der Waals surface area (Å²) in [6.07, 6.45) is 5.01. The van der Waals surface area contributed by atoms with Crippen molar-refractivity contribution in [1.82, 2.24) is 10.2 Å². The third-order valence-electron chi connectivity index (χ3n) is 4.32. The molecule has 120 valence electrons. The number of ether oxygens (including phenoxy) is 1. The van der Waals surface area contributed by atoms with Gasteiger partial charge in [0.05, 0.1) is 6.10 Å². The topological polar surface area (TPSA) is 58.6 Å². The second-order valence-electron chi connectivity index (χ2n) is 7.22. The summed E-state index contributed by atoms with van der Waals surface area (Å²) in [6.45, 7) is 8.10. The standard InChI is InChI=1S/C16H28N2O3/c1-16(2,3)14-15(20)18(10-8-13(19)17-14)9-4-6-12-7-5-11-21-12/h12,14H,4-11H2,1-3H3,(H,17,19). The highest BCUT2D eigenvalue weighted by Gasteiger charge is 2.37. The molecule has 0 spiro atoms. The van der Waals surface area contributed by atoms with E-state index in [0.29, 0.717) is 19.1 Å². The number of rotatable bonds is 4. The van der Waals surface area contributed by atoms with Gasteiger partial charge >= 0.3 is 0 Å². The molecule has 0 aromatic heterocycles. The number of hydrogen-bond donors (Lipinski definition) is 1. The molecule has 2 aliphatic heterocycles. The van der Waals surface area contributed by atoms with Gasteiger partial charge in [0.25, 0.3) is 0 Å². The molecule has 2 fully saturated rings. The summed E-state index contributed by atoms with van der Waals surface area (Å²) < 4.78 is 5.62. The summed E-state index contributed by atoms with van der Waals surface area (Å²) in [4.78, 5) is 26.3. The zero-order valence-electron chi connectivity index (χ0n) is 13.5. The van der Waals surface area contributed by atoms with E-state index in [1.165, 1.54) is 0 Å². The van der Waals surface area contributed by atoms with E-state index in [9.17, 15) is 9.59 Å². The highest BCUT2D eigenvalue weighted by molar-refractivity contribution is 5.90. The van der Waals surface area contributed by atoms with Crippen molar-refractivity contribution in [3.8, 4) is 0 Å². The number of amides is 2. The van der Waals surface area contributed by atoms with Crippen molar-refractivity contribution < 1.29 is 14.3 Å².